The quantitative estimate of drug-likeness (QED) is 0.177. The normalized spacial score (nSPS) is 24.9. The Bertz CT molecular complexity index is 732. The number of aryl methyl sites for hydroxylation is 1. The van der Waals surface area contributed by atoms with Crippen molar-refractivity contribution >= 4 is 15.9 Å². The maximum Gasteiger partial charge on any atom is 0.117 e. The molecule has 1 heterocycles. The molecule has 7 heteroatoms. The zero-order valence-electron chi connectivity index (χ0n) is 23.8. The van der Waals surface area contributed by atoms with E-state index in [1.807, 2.05) is 25.1 Å². The molecule has 0 amide bonds. The van der Waals surface area contributed by atoms with Crippen LogP contribution in [0.1, 0.15) is 96.3 Å². The summed E-state index contributed by atoms with van der Waals surface area (Å²) in [5.74, 6) is 0. The van der Waals surface area contributed by atoms with E-state index in [0.717, 1.165) is 67.0 Å². The predicted molar refractivity (Wildman–Crippen MR) is 152 cm³/mol. The molecule has 2 rings (SSSR count). The van der Waals surface area contributed by atoms with E-state index in [1.165, 1.54) is 0 Å². The first-order chi connectivity index (χ1) is 18.0. The van der Waals surface area contributed by atoms with Gasteiger partial charge in [0, 0.05) is 30.9 Å². The summed E-state index contributed by atoms with van der Waals surface area (Å²) in [5, 5.41) is 11.7. The molecule has 1 saturated heterocycles. The topological polar surface area (TPSA) is 66.4 Å². The highest BCUT2D eigenvalue weighted by Gasteiger charge is 2.50. The Morgan fingerprint density at radius 2 is 1.35 bits per heavy atom. The molecular formula is C30H51BrO6. The number of hydrogen-bond donors (Lipinski definition) is 1. The Kier molecular flexibility index (Phi) is 16.5. The third kappa shape index (κ3) is 10.5. The summed E-state index contributed by atoms with van der Waals surface area (Å²) >= 11 is 3.54. The van der Waals surface area contributed by atoms with Crippen molar-refractivity contribution in [3.8, 4) is 0 Å². The molecule has 0 radical (unpaired) electrons. The molecule has 0 aliphatic carbocycles. The fourth-order valence-electron chi connectivity index (χ4n) is 4.60. The highest BCUT2D eigenvalue weighted by atomic mass is 79.9. The summed E-state index contributed by atoms with van der Waals surface area (Å²) in [6.07, 6.45) is 5.07. The highest BCUT2D eigenvalue weighted by molar-refractivity contribution is 9.10. The monoisotopic (exact) mass is 586 g/mol. The molecule has 0 spiro atoms. The van der Waals surface area contributed by atoms with Gasteiger partial charge in [-0.25, -0.2) is 0 Å². The van der Waals surface area contributed by atoms with Gasteiger partial charge in [0.2, 0.25) is 0 Å². The van der Waals surface area contributed by atoms with Crippen LogP contribution in [-0.4, -0.2) is 68.7 Å². The van der Waals surface area contributed by atoms with Gasteiger partial charge in [0.25, 0.3) is 0 Å². The largest absolute Gasteiger partial charge is 0.386 e. The van der Waals surface area contributed by atoms with Crippen molar-refractivity contribution in [1.82, 2.24) is 0 Å². The maximum atomic E-state index is 11.7. The van der Waals surface area contributed by atoms with E-state index < -0.39 is 18.3 Å². The van der Waals surface area contributed by atoms with Crippen LogP contribution >= 0.6 is 15.9 Å². The van der Waals surface area contributed by atoms with Crippen LogP contribution in [0.25, 0.3) is 0 Å². The average molecular weight is 588 g/mol. The third-order valence-electron chi connectivity index (χ3n) is 6.88. The van der Waals surface area contributed by atoms with Crippen LogP contribution in [0.5, 0.6) is 0 Å². The minimum Gasteiger partial charge on any atom is -0.386 e. The van der Waals surface area contributed by atoms with Crippen molar-refractivity contribution in [2.24, 2.45) is 0 Å². The van der Waals surface area contributed by atoms with Crippen LogP contribution in [0.2, 0.25) is 0 Å². The van der Waals surface area contributed by atoms with E-state index in [0.29, 0.717) is 33.0 Å². The van der Waals surface area contributed by atoms with Gasteiger partial charge in [0.05, 0.1) is 6.61 Å². The first-order valence-electron chi connectivity index (χ1n) is 14.5. The van der Waals surface area contributed by atoms with Gasteiger partial charge >= 0.3 is 0 Å². The molecular weight excluding hydrogens is 536 g/mol. The molecule has 6 unspecified atom stereocenters. The molecule has 1 aliphatic heterocycles. The molecule has 214 valence electrons. The van der Waals surface area contributed by atoms with E-state index in [1.54, 1.807) is 0 Å². The van der Waals surface area contributed by atoms with Crippen LogP contribution in [0, 0.1) is 6.92 Å². The maximum absolute atomic E-state index is 11.7. The van der Waals surface area contributed by atoms with E-state index in [9.17, 15) is 5.11 Å². The van der Waals surface area contributed by atoms with Crippen molar-refractivity contribution in [2.45, 2.75) is 123 Å². The molecule has 1 aromatic carbocycles. The lowest BCUT2D eigenvalue weighted by atomic mass is 9.88. The second-order valence-corrected chi connectivity index (χ2v) is 11.0. The van der Waals surface area contributed by atoms with Crippen LogP contribution in [0.3, 0.4) is 0 Å². The van der Waals surface area contributed by atoms with Gasteiger partial charge in [-0.3, -0.25) is 0 Å². The van der Waals surface area contributed by atoms with Gasteiger partial charge in [0.15, 0.2) is 0 Å². The van der Waals surface area contributed by atoms with Gasteiger partial charge in [-0.2, -0.15) is 0 Å². The Balaban J connectivity index is 2.42. The smallest absolute Gasteiger partial charge is 0.117 e. The van der Waals surface area contributed by atoms with Crippen molar-refractivity contribution in [1.29, 1.82) is 0 Å². The van der Waals surface area contributed by atoms with Crippen molar-refractivity contribution < 1.29 is 28.8 Å². The van der Waals surface area contributed by atoms with Gasteiger partial charge in [-0.15, -0.1) is 0 Å². The number of ether oxygens (including phenoxy) is 5. The Labute approximate surface area is 233 Å². The second kappa shape index (κ2) is 18.7. The first kappa shape index (κ1) is 32.7. The van der Waals surface area contributed by atoms with Gasteiger partial charge in [-0.1, -0.05) is 75.4 Å². The number of aliphatic hydroxyl groups excluding tert-OH is 1. The van der Waals surface area contributed by atoms with Crippen LogP contribution < -0.4 is 0 Å². The lowest BCUT2D eigenvalue weighted by Crippen LogP contribution is -2.62. The number of rotatable bonds is 19. The van der Waals surface area contributed by atoms with Crippen molar-refractivity contribution in [2.75, 3.05) is 33.0 Å². The Hall–Kier alpha value is -0.540. The second-order valence-electron chi connectivity index (χ2n) is 10.1. The summed E-state index contributed by atoms with van der Waals surface area (Å²) in [6.45, 7) is 13.5. The van der Waals surface area contributed by atoms with Gasteiger partial charge in [0.1, 0.15) is 36.6 Å². The third-order valence-corrected chi connectivity index (χ3v) is 7.37. The molecule has 1 aliphatic rings. The number of aliphatic hydroxyl groups is 1. The molecule has 1 fully saturated rings. The number of benzene rings is 1. The van der Waals surface area contributed by atoms with Crippen LogP contribution in [-0.2, 0) is 23.7 Å². The van der Waals surface area contributed by atoms with E-state index in [2.05, 4.69) is 43.6 Å². The average Bonchev–Trinajstić information content (AvgIpc) is 2.88. The summed E-state index contributed by atoms with van der Waals surface area (Å²) in [7, 11) is 0. The Morgan fingerprint density at radius 3 is 1.92 bits per heavy atom. The lowest BCUT2D eigenvalue weighted by molar-refractivity contribution is -0.281. The SMILES string of the molecule is CCCCOCC1OC(C(O)c2ccc(Br)cc2C)C(OCCCC)C(OCCCC)C1OCCCC. The first-order valence-corrected chi connectivity index (χ1v) is 15.3. The molecule has 0 bridgehead atoms. The molecule has 6 atom stereocenters. The summed E-state index contributed by atoms with van der Waals surface area (Å²) in [4.78, 5) is 0. The Morgan fingerprint density at radius 1 is 0.811 bits per heavy atom. The predicted octanol–water partition coefficient (Wildman–Crippen LogP) is 6.93. The molecule has 37 heavy (non-hydrogen) atoms. The molecule has 1 N–H and O–H groups in total. The molecule has 1 aromatic rings. The number of unbranched alkanes of at least 4 members (excludes halogenated alkanes) is 4. The summed E-state index contributed by atoms with van der Waals surface area (Å²) in [6, 6.07) is 5.93. The van der Waals surface area contributed by atoms with E-state index in [4.69, 9.17) is 23.7 Å². The number of halogens is 1. The van der Waals surface area contributed by atoms with Gasteiger partial charge in [-0.05, 0) is 55.9 Å². The summed E-state index contributed by atoms with van der Waals surface area (Å²) in [5.41, 5.74) is 1.83. The van der Waals surface area contributed by atoms with Crippen molar-refractivity contribution in [3.05, 3.63) is 33.8 Å². The van der Waals surface area contributed by atoms with Crippen molar-refractivity contribution in [3.63, 3.8) is 0 Å². The fourth-order valence-corrected chi connectivity index (χ4v) is 5.07. The minimum absolute atomic E-state index is 0.328. The van der Waals surface area contributed by atoms with Crippen LogP contribution in [0.15, 0.2) is 22.7 Å². The standard InChI is InChI=1S/C30H51BrO6/c1-6-10-16-33-21-25-27(34-17-11-7-2)29(35-18-12-8-3)30(36-19-13-9-4)28(37-25)26(32)24-15-14-23(31)20-22(24)5/h14-15,20,25-30,32H,6-13,16-19,21H2,1-5H3. The van der Waals surface area contributed by atoms with Crippen LogP contribution in [0.4, 0.5) is 0 Å². The molecule has 6 nitrogen and oxygen atoms in total. The number of hydrogen-bond acceptors (Lipinski definition) is 6. The van der Waals surface area contributed by atoms with E-state index >= 15 is 0 Å². The zero-order valence-corrected chi connectivity index (χ0v) is 25.3. The minimum atomic E-state index is -0.869. The van der Waals surface area contributed by atoms with Gasteiger partial charge < -0.3 is 28.8 Å². The molecule has 0 aromatic heterocycles. The fraction of sp³-hybridized carbons (Fsp3) is 0.800. The highest BCUT2D eigenvalue weighted by Crippen LogP contribution is 2.36. The summed E-state index contributed by atoms with van der Waals surface area (Å²) < 4.78 is 33.1. The molecule has 0 saturated carbocycles. The zero-order chi connectivity index (χ0) is 27.0. The van der Waals surface area contributed by atoms with E-state index in [-0.39, 0.29) is 18.3 Å². The lowest BCUT2D eigenvalue weighted by Gasteiger charge is -2.47.